The third-order valence-electron chi connectivity index (χ3n) is 5.28. The first-order valence-electron chi connectivity index (χ1n) is 10.9. The number of hydrogen-bond donors (Lipinski definition) is 2. The molecule has 0 unspecified atom stereocenters. The molecule has 16 heteroatoms. The van der Waals surface area contributed by atoms with E-state index in [2.05, 4.69) is 9.88 Å². The monoisotopic (exact) mass is 560 g/mol. The summed E-state index contributed by atoms with van der Waals surface area (Å²) < 4.78 is 94.7. The van der Waals surface area contributed by atoms with Crippen LogP contribution in [0.4, 0.5) is 30.7 Å². The van der Waals surface area contributed by atoms with E-state index in [1.54, 1.807) is 6.07 Å². The van der Waals surface area contributed by atoms with Gasteiger partial charge in [0.15, 0.2) is 5.82 Å². The number of carboxylic acids is 2. The molecule has 1 saturated heterocycles. The van der Waals surface area contributed by atoms with E-state index in [4.69, 9.17) is 33.7 Å². The van der Waals surface area contributed by atoms with E-state index < -0.39 is 30.1 Å². The number of carboxylic acid groups (broad SMARTS) is 2. The summed E-state index contributed by atoms with van der Waals surface area (Å²) >= 11 is 0. The summed E-state index contributed by atoms with van der Waals surface area (Å²) in [6.07, 6.45) is -7.06. The molecule has 3 atom stereocenters. The van der Waals surface area contributed by atoms with Gasteiger partial charge >= 0.3 is 24.3 Å². The topological polar surface area (TPSA) is 122 Å². The summed E-state index contributed by atoms with van der Waals surface area (Å²) in [5.74, 6) is -3.99. The third-order valence-corrected chi connectivity index (χ3v) is 5.28. The molecule has 2 aromatic rings. The van der Waals surface area contributed by atoms with Gasteiger partial charge in [-0.3, -0.25) is 4.90 Å². The summed E-state index contributed by atoms with van der Waals surface area (Å²) in [4.78, 5) is 24.2. The van der Waals surface area contributed by atoms with Gasteiger partial charge in [0.1, 0.15) is 23.7 Å². The van der Waals surface area contributed by atoms with Crippen molar-refractivity contribution >= 4 is 11.9 Å². The Hall–Kier alpha value is -3.40. The van der Waals surface area contributed by atoms with Gasteiger partial charge in [-0.15, -0.1) is 0 Å². The number of carbonyl (C=O) groups is 2. The van der Waals surface area contributed by atoms with Crippen molar-refractivity contribution in [2.45, 2.75) is 56.9 Å². The lowest BCUT2D eigenvalue weighted by molar-refractivity contribution is -0.193. The highest BCUT2D eigenvalue weighted by atomic mass is 19.4. The second-order valence-electron chi connectivity index (χ2n) is 8.02. The van der Waals surface area contributed by atoms with Gasteiger partial charge in [-0.1, -0.05) is 0 Å². The van der Waals surface area contributed by atoms with Crippen molar-refractivity contribution in [3.05, 3.63) is 47.8 Å². The Morgan fingerprint density at radius 2 is 1.68 bits per heavy atom. The maximum absolute atomic E-state index is 13.8. The molecule has 1 saturated carbocycles. The fourth-order valence-electron chi connectivity index (χ4n) is 3.69. The second-order valence-corrected chi connectivity index (χ2v) is 8.02. The van der Waals surface area contributed by atoms with Crippen LogP contribution in [0.1, 0.15) is 24.4 Å². The molecule has 0 radical (unpaired) electrons. The Balaban J connectivity index is 0.000000301. The standard InChI is InChI=1S/C18H21FN2O3.2C2HF3O2/c1-12-4-5-13(23-12)11-21-9-10-22-17-15(21)6-7-16(17)24-18-14(19)3-2-8-20-18;2*3-2(4,5)1(6)7/h2-5,8,15-17H,6-7,9-11H2,1H3;2*(H,6,7)/t15-,16+,17+;;/m0../s1. The van der Waals surface area contributed by atoms with Gasteiger partial charge in [0.05, 0.1) is 13.2 Å². The van der Waals surface area contributed by atoms with Crippen LogP contribution >= 0.6 is 0 Å². The Bertz CT molecular complexity index is 1050. The molecular weight excluding hydrogens is 537 g/mol. The predicted octanol–water partition coefficient (Wildman–Crippen LogP) is 4.20. The molecule has 1 aliphatic carbocycles. The Kier molecular flexibility index (Phi) is 10.5. The maximum Gasteiger partial charge on any atom is 0.490 e. The van der Waals surface area contributed by atoms with E-state index in [1.165, 1.54) is 12.3 Å². The van der Waals surface area contributed by atoms with Crippen LogP contribution in [0.2, 0.25) is 0 Å². The van der Waals surface area contributed by atoms with Crippen LogP contribution in [0.15, 0.2) is 34.9 Å². The number of aryl methyl sites for hydroxylation is 1. The molecule has 0 bridgehead atoms. The highest BCUT2D eigenvalue weighted by Crippen LogP contribution is 2.34. The van der Waals surface area contributed by atoms with Crippen LogP contribution in [0, 0.1) is 12.7 Å². The average Bonchev–Trinajstić information content (AvgIpc) is 3.41. The molecule has 212 valence electrons. The Morgan fingerprint density at radius 3 is 2.18 bits per heavy atom. The lowest BCUT2D eigenvalue weighted by atomic mass is 10.1. The number of alkyl halides is 6. The number of aliphatic carboxylic acids is 2. The smallest absolute Gasteiger partial charge is 0.475 e. The van der Waals surface area contributed by atoms with Gasteiger partial charge in [-0.2, -0.15) is 26.3 Å². The summed E-state index contributed by atoms with van der Waals surface area (Å²) in [6, 6.07) is 7.19. The van der Waals surface area contributed by atoms with Crippen molar-refractivity contribution < 1.29 is 64.4 Å². The lowest BCUT2D eigenvalue weighted by Gasteiger charge is -2.38. The molecule has 4 rings (SSSR count). The molecule has 2 fully saturated rings. The minimum absolute atomic E-state index is 0.0591. The molecule has 2 aliphatic rings. The number of hydrogen-bond acceptors (Lipinski definition) is 7. The van der Waals surface area contributed by atoms with Crippen molar-refractivity contribution in [2.75, 3.05) is 13.2 Å². The van der Waals surface area contributed by atoms with Crippen LogP contribution in [0.3, 0.4) is 0 Å². The number of nitrogens with zero attached hydrogens (tertiary/aromatic N) is 2. The molecule has 0 amide bonds. The van der Waals surface area contributed by atoms with Crippen LogP contribution in [0.5, 0.6) is 5.88 Å². The fourth-order valence-corrected chi connectivity index (χ4v) is 3.69. The van der Waals surface area contributed by atoms with Crippen LogP contribution in [-0.4, -0.2) is 75.8 Å². The van der Waals surface area contributed by atoms with Gasteiger partial charge in [0.25, 0.3) is 5.88 Å². The van der Waals surface area contributed by atoms with Gasteiger partial charge < -0.3 is 24.1 Å². The third kappa shape index (κ3) is 9.16. The van der Waals surface area contributed by atoms with E-state index in [9.17, 15) is 30.7 Å². The summed E-state index contributed by atoms with van der Waals surface area (Å²) in [6.45, 7) is 4.23. The number of morpholine rings is 1. The number of pyridine rings is 1. The molecule has 2 aromatic heterocycles. The van der Waals surface area contributed by atoms with Crippen LogP contribution in [0.25, 0.3) is 0 Å². The van der Waals surface area contributed by atoms with E-state index in [1.807, 2.05) is 19.1 Å². The van der Waals surface area contributed by atoms with Crippen molar-refractivity contribution in [1.82, 2.24) is 9.88 Å². The first kappa shape index (κ1) is 30.8. The molecule has 1 aliphatic heterocycles. The number of halogens is 7. The normalized spacial score (nSPS) is 21.3. The fraction of sp³-hybridized carbons (Fsp3) is 0.500. The number of ether oxygens (including phenoxy) is 2. The van der Waals surface area contributed by atoms with E-state index in [0.717, 1.165) is 37.5 Å². The average molecular weight is 560 g/mol. The van der Waals surface area contributed by atoms with E-state index in [0.29, 0.717) is 6.61 Å². The Morgan fingerprint density at radius 1 is 1.08 bits per heavy atom. The summed E-state index contributed by atoms with van der Waals surface area (Å²) in [5.41, 5.74) is 0. The SMILES string of the molecule is Cc1ccc(CN2CCO[C@H]3[C@H](Oc4ncccc4F)CC[C@@H]32)o1.O=C(O)C(F)(F)F.O=C(O)C(F)(F)F. The molecule has 2 N–H and O–H groups in total. The lowest BCUT2D eigenvalue weighted by Crippen LogP contribution is -2.51. The molecular formula is C22H23F7N2O7. The summed E-state index contributed by atoms with van der Waals surface area (Å²) in [7, 11) is 0. The van der Waals surface area contributed by atoms with E-state index in [-0.39, 0.29) is 24.1 Å². The van der Waals surface area contributed by atoms with Gasteiger partial charge in [0.2, 0.25) is 0 Å². The van der Waals surface area contributed by atoms with E-state index >= 15 is 0 Å². The highest BCUT2D eigenvalue weighted by molar-refractivity contribution is 5.73. The van der Waals surface area contributed by atoms with Crippen molar-refractivity contribution in [2.24, 2.45) is 0 Å². The van der Waals surface area contributed by atoms with Gasteiger partial charge in [-0.05, 0) is 44.0 Å². The second kappa shape index (κ2) is 12.9. The summed E-state index contributed by atoms with van der Waals surface area (Å²) in [5, 5.41) is 14.2. The number of furan rings is 1. The number of fused-ring (bicyclic) bond motifs is 1. The molecule has 3 heterocycles. The number of aromatic nitrogens is 1. The first-order chi connectivity index (χ1) is 17.6. The van der Waals surface area contributed by atoms with Crippen LogP contribution in [-0.2, 0) is 20.9 Å². The zero-order valence-corrected chi connectivity index (χ0v) is 19.6. The van der Waals surface area contributed by atoms with Crippen molar-refractivity contribution in [3.8, 4) is 5.88 Å². The predicted molar refractivity (Wildman–Crippen MR) is 113 cm³/mol. The first-order valence-corrected chi connectivity index (χ1v) is 10.9. The Labute approximate surface area is 210 Å². The minimum atomic E-state index is -5.08. The van der Waals surface area contributed by atoms with Crippen molar-refractivity contribution in [1.29, 1.82) is 0 Å². The maximum atomic E-state index is 13.8. The largest absolute Gasteiger partial charge is 0.490 e. The molecule has 38 heavy (non-hydrogen) atoms. The zero-order chi connectivity index (χ0) is 28.7. The van der Waals surface area contributed by atoms with Crippen molar-refractivity contribution in [3.63, 3.8) is 0 Å². The minimum Gasteiger partial charge on any atom is -0.475 e. The molecule has 9 nitrogen and oxygen atoms in total. The molecule has 0 spiro atoms. The van der Waals surface area contributed by atoms with Gasteiger partial charge in [-0.25, -0.2) is 19.0 Å². The highest BCUT2D eigenvalue weighted by Gasteiger charge is 2.44. The number of rotatable bonds is 4. The van der Waals surface area contributed by atoms with Gasteiger partial charge in [0, 0.05) is 18.8 Å². The quantitative estimate of drug-likeness (QED) is 0.530. The zero-order valence-electron chi connectivity index (χ0n) is 19.6. The van der Waals surface area contributed by atoms with Crippen LogP contribution < -0.4 is 4.74 Å². The molecule has 0 aromatic carbocycles.